The number of allylic oxidation sites excluding steroid dienone is 1. The summed E-state index contributed by atoms with van der Waals surface area (Å²) in [6.45, 7) is 5.04. The number of imide groups is 1. The maximum atomic E-state index is 11.4. The highest BCUT2D eigenvalue weighted by Gasteiger charge is 2.40. The predicted octanol–water partition coefficient (Wildman–Crippen LogP) is 0.596. The van der Waals surface area contributed by atoms with Crippen LogP contribution in [-0.4, -0.2) is 39.2 Å². The van der Waals surface area contributed by atoms with E-state index in [2.05, 4.69) is 6.58 Å². The molecular weight excluding hydrogens is 246 g/mol. The van der Waals surface area contributed by atoms with E-state index >= 15 is 0 Å². The van der Waals surface area contributed by atoms with Crippen LogP contribution < -0.4 is 0 Å². The van der Waals surface area contributed by atoms with E-state index in [4.69, 9.17) is 11.6 Å². The third kappa shape index (κ3) is 3.14. The zero-order valence-electron chi connectivity index (χ0n) is 9.48. The largest absolute Gasteiger partial charge is 0.373 e. The first-order valence-corrected chi connectivity index (χ1v) is 5.65. The summed E-state index contributed by atoms with van der Waals surface area (Å²) in [5.74, 6) is -1.32. The highest BCUT2D eigenvalue weighted by molar-refractivity contribution is 6.35. The number of rotatable bonds is 5. The summed E-state index contributed by atoms with van der Waals surface area (Å²) in [6.07, 6.45) is -1.35. The van der Waals surface area contributed by atoms with Crippen LogP contribution in [0.1, 0.15) is 26.2 Å². The second-order valence-corrected chi connectivity index (χ2v) is 4.52. The lowest BCUT2D eigenvalue weighted by molar-refractivity contribution is -0.150. The molecule has 2 amide bonds. The summed E-state index contributed by atoms with van der Waals surface area (Å²) >= 11 is 5.61. The summed E-state index contributed by atoms with van der Waals surface area (Å²) < 4.78 is 0. The van der Waals surface area contributed by atoms with Gasteiger partial charge in [-0.25, -0.2) is 0 Å². The number of carbonyl (C=O) groups is 3. The molecule has 94 valence electrons. The molecule has 1 saturated heterocycles. The first-order chi connectivity index (χ1) is 7.84. The van der Waals surface area contributed by atoms with E-state index in [0.29, 0.717) is 5.57 Å². The lowest BCUT2D eigenvalue weighted by atomic mass is 10.1. The Balaban J connectivity index is 2.56. The predicted molar refractivity (Wildman–Crippen MR) is 61.2 cm³/mol. The molecule has 0 aromatic rings. The number of aliphatic hydroxyl groups is 1. The third-order valence-electron chi connectivity index (χ3n) is 2.53. The molecule has 1 aliphatic heterocycles. The Hall–Kier alpha value is -1.20. The fourth-order valence-corrected chi connectivity index (χ4v) is 1.77. The van der Waals surface area contributed by atoms with Crippen molar-refractivity contribution < 1.29 is 19.5 Å². The van der Waals surface area contributed by atoms with Gasteiger partial charge in [0.2, 0.25) is 11.8 Å². The van der Waals surface area contributed by atoms with Gasteiger partial charge in [0.25, 0.3) is 0 Å². The Kier molecular flexibility index (Phi) is 4.42. The molecule has 0 aromatic carbocycles. The Morgan fingerprint density at radius 1 is 1.65 bits per heavy atom. The van der Waals surface area contributed by atoms with Gasteiger partial charge in [0.05, 0.1) is 6.42 Å². The topological polar surface area (TPSA) is 74.7 Å². The second-order valence-electron chi connectivity index (χ2n) is 4.00. The molecule has 0 saturated carbocycles. The van der Waals surface area contributed by atoms with Crippen molar-refractivity contribution in [2.45, 2.75) is 37.8 Å². The quantitative estimate of drug-likeness (QED) is 0.446. The van der Waals surface area contributed by atoms with Crippen LogP contribution in [0.4, 0.5) is 0 Å². The molecule has 1 N–H and O–H groups in total. The molecule has 0 spiro atoms. The number of likely N-dealkylation sites (tertiary alicyclic amines) is 1. The number of amides is 2. The van der Waals surface area contributed by atoms with Gasteiger partial charge in [0, 0.05) is 6.42 Å². The van der Waals surface area contributed by atoms with E-state index in [-0.39, 0.29) is 25.0 Å². The van der Waals surface area contributed by atoms with Crippen LogP contribution in [-0.2, 0) is 14.4 Å². The maximum Gasteiger partial charge on any atom is 0.249 e. The minimum Gasteiger partial charge on any atom is -0.373 e. The summed E-state index contributed by atoms with van der Waals surface area (Å²) in [5.41, 5.74) is 0.381. The van der Waals surface area contributed by atoms with Crippen LogP contribution in [0, 0.1) is 0 Å². The smallest absolute Gasteiger partial charge is 0.249 e. The van der Waals surface area contributed by atoms with Crippen LogP contribution in [0.2, 0.25) is 0 Å². The molecule has 2 unspecified atom stereocenters. The fraction of sp³-hybridized carbons (Fsp3) is 0.545. The van der Waals surface area contributed by atoms with Crippen LogP contribution >= 0.6 is 11.6 Å². The number of aliphatic hydroxyl groups excluding tert-OH is 1. The number of carbonyl (C=O) groups excluding carboxylic acids is 3. The summed E-state index contributed by atoms with van der Waals surface area (Å²) in [4.78, 5) is 34.8. The average molecular weight is 260 g/mol. The van der Waals surface area contributed by atoms with Crippen molar-refractivity contribution in [2.75, 3.05) is 0 Å². The zero-order chi connectivity index (χ0) is 13.2. The number of Topliss-reactive ketones (excluding diaryl/α,β-unsaturated/α-hetero) is 1. The molecule has 0 radical (unpaired) electrons. The lowest BCUT2D eigenvalue weighted by Crippen LogP contribution is -2.40. The number of nitrogens with zero attached hydrogens (tertiary/aromatic N) is 1. The number of hydrogen-bond donors (Lipinski definition) is 1. The molecule has 17 heavy (non-hydrogen) atoms. The second kappa shape index (κ2) is 5.42. The van der Waals surface area contributed by atoms with Gasteiger partial charge in [-0.3, -0.25) is 19.3 Å². The average Bonchev–Trinajstić information content (AvgIpc) is 2.49. The lowest BCUT2D eigenvalue weighted by Gasteiger charge is -2.20. The minimum atomic E-state index is -1.29. The Bertz CT molecular complexity index is 380. The number of alkyl halides is 1. The van der Waals surface area contributed by atoms with Crippen molar-refractivity contribution >= 4 is 29.2 Å². The van der Waals surface area contributed by atoms with E-state index in [9.17, 15) is 19.5 Å². The van der Waals surface area contributed by atoms with Gasteiger partial charge in [-0.1, -0.05) is 6.58 Å². The summed E-state index contributed by atoms with van der Waals surface area (Å²) in [7, 11) is 0. The highest BCUT2D eigenvalue weighted by Crippen LogP contribution is 2.21. The van der Waals surface area contributed by atoms with E-state index in [1.165, 1.54) is 0 Å². The first-order valence-electron chi connectivity index (χ1n) is 5.21. The standard InChI is InChI=1S/C11H14ClNO4/c1-6(2)8(14)3-4-9(15)13-10(16)5-7(12)11(13)17/h7,9,15H,1,3-5H2,2H3. The Morgan fingerprint density at radius 3 is 2.65 bits per heavy atom. The van der Waals surface area contributed by atoms with Gasteiger partial charge in [-0.05, 0) is 18.9 Å². The number of hydrogen-bond acceptors (Lipinski definition) is 4. The van der Waals surface area contributed by atoms with Crippen molar-refractivity contribution in [1.82, 2.24) is 4.90 Å². The molecule has 1 heterocycles. The molecule has 5 nitrogen and oxygen atoms in total. The molecule has 6 heteroatoms. The minimum absolute atomic E-state index is 0.00673. The molecule has 1 rings (SSSR count). The Morgan fingerprint density at radius 2 is 2.24 bits per heavy atom. The first kappa shape index (κ1) is 13.9. The fourth-order valence-electron chi connectivity index (χ4n) is 1.53. The SMILES string of the molecule is C=C(C)C(=O)CCC(O)N1C(=O)CC(Cl)C1=O. The molecule has 1 aliphatic rings. The third-order valence-corrected chi connectivity index (χ3v) is 2.87. The molecule has 0 bridgehead atoms. The van der Waals surface area contributed by atoms with Gasteiger partial charge >= 0.3 is 0 Å². The van der Waals surface area contributed by atoms with Crippen molar-refractivity contribution in [2.24, 2.45) is 0 Å². The van der Waals surface area contributed by atoms with Gasteiger partial charge in [-0.15, -0.1) is 11.6 Å². The Labute approximate surface area is 104 Å². The van der Waals surface area contributed by atoms with Crippen LogP contribution in [0.3, 0.4) is 0 Å². The van der Waals surface area contributed by atoms with E-state index < -0.39 is 23.4 Å². The van der Waals surface area contributed by atoms with Crippen molar-refractivity contribution in [1.29, 1.82) is 0 Å². The van der Waals surface area contributed by atoms with Crippen molar-refractivity contribution in [3.63, 3.8) is 0 Å². The van der Waals surface area contributed by atoms with Gasteiger partial charge in [-0.2, -0.15) is 0 Å². The monoisotopic (exact) mass is 259 g/mol. The number of halogens is 1. The zero-order valence-corrected chi connectivity index (χ0v) is 10.2. The molecular formula is C11H14ClNO4. The van der Waals surface area contributed by atoms with E-state index in [1.54, 1.807) is 6.92 Å². The van der Waals surface area contributed by atoms with Gasteiger partial charge in [0.15, 0.2) is 5.78 Å². The highest BCUT2D eigenvalue weighted by atomic mass is 35.5. The molecule has 0 aromatic heterocycles. The van der Waals surface area contributed by atoms with Crippen molar-refractivity contribution in [3.8, 4) is 0 Å². The molecule has 1 fully saturated rings. The normalized spacial score (nSPS) is 21.8. The van der Waals surface area contributed by atoms with Gasteiger partial charge in [0.1, 0.15) is 11.6 Å². The van der Waals surface area contributed by atoms with E-state index in [1.807, 2.05) is 0 Å². The van der Waals surface area contributed by atoms with Crippen LogP contribution in [0.25, 0.3) is 0 Å². The van der Waals surface area contributed by atoms with Crippen LogP contribution in [0.5, 0.6) is 0 Å². The summed E-state index contributed by atoms with van der Waals surface area (Å²) in [5, 5.41) is 8.77. The van der Waals surface area contributed by atoms with Crippen molar-refractivity contribution in [3.05, 3.63) is 12.2 Å². The molecule has 2 atom stereocenters. The van der Waals surface area contributed by atoms with Crippen LogP contribution in [0.15, 0.2) is 12.2 Å². The summed E-state index contributed by atoms with van der Waals surface area (Å²) in [6, 6.07) is 0. The number of ketones is 1. The van der Waals surface area contributed by atoms with E-state index in [0.717, 1.165) is 4.90 Å². The maximum absolute atomic E-state index is 11.4. The molecule has 0 aliphatic carbocycles. The van der Waals surface area contributed by atoms with Gasteiger partial charge < -0.3 is 5.11 Å².